The van der Waals surface area contributed by atoms with Crippen LogP contribution < -0.4 is 5.32 Å². The zero-order chi connectivity index (χ0) is 22.1. The van der Waals surface area contributed by atoms with Gasteiger partial charge in [-0.15, -0.1) is 0 Å². The van der Waals surface area contributed by atoms with Crippen LogP contribution in [0.1, 0.15) is 41.8 Å². The molecule has 0 aliphatic carbocycles. The number of halogens is 4. The van der Waals surface area contributed by atoms with Gasteiger partial charge in [0.05, 0.1) is 43.1 Å². The van der Waals surface area contributed by atoms with Crippen LogP contribution in [0.3, 0.4) is 0 Å². The van der Waals surface area contributed by atoms with Crippen molar-refractivity contribution in [2.45, 2.75) is 32.5 Å². The molecule has 31 heavy (non-hydrogen) atoms. The van der Waals surface area contributed by atoms with Crippen LogP contribution in [-0.2, 0) is 17.8 Å². The molecule has 0 unspecified atom stereocenters. The van der Waals surface area contributed by atoms with Crippen molar-refractivity contribution in [1.29, 1.82) is 0 Å². The number of hydrogen-bond donors (Lipinski definition) is 1. The molecule has 1 saturated heterocycles. The molecule has 1 aromatic heterocycles. The second kappa shape index (κ2) is 9.10. The number of urea groups is 1. The summed E-state index contributed by atoms with van der Waals surface area (Å²) in [6.07, 6.45) is -2.67. The molecule has 3 heterocycles. The van der Waals surface area contributed by atoms with E-state index >= 15 is 0 Å². The Kier molecular flexibility index (Phi) is 6.45. The molecular weight excluding hydrogens is 451 g/mol. The van der Waals surface area contributed by atoms with E-state index in [0.29, 0.717) is 56.5 Å². The highest BCUT2D eigenvalue weighted by atomic mass is 35.5. The summed E-state index contributed by atoms with van der Waals surface area (Å²) in [5.74, 6) is 0.457. The molecule has 2 aromatic rings. The molecule has 1 atom stereocenters. The monoisotopic (exact) mass is 471 g/mol. The summed E-state index contributed by atoms with van der Waals surface area (Å²) in [5.41, 5.74) is 1.70. The molecule has 1 N–H and O–H groups in total. The summed E-state index contributed by atoms with van der Waals surface area (Å²) in [7, 11) is 0. The number of amides is 2. The smallest absolute Gasteiger partial charge is 0.320 e. The van der Waals surface area contributed by atoms with Gasteiger partial charge in [0, 0.05) is 24.2 Å². The van der Waals surface area contributed by atoms with Crippen molar-refractivity contribution in [3.8, 4) is 0 Å². The molecule has 1 aromatic carbocycles. The number of fused-ring (bicyclic) bond motifs is 1. The average Bonchev–Trinajstić information content (AvgIpc) is 3.17. The number of hydrogen-bond acceptors (Lipinski definition) is 5. The third kappa shape index (κ3) is 4.53. The van der Waals surface area contributed by atoms with E-state index in [0.717, 1.165) is 5.56 Å². The lowest BCUT2D eigenvalue weighted by Gasteiger charge is -2.30. The zero-order valence-corrected chi connectivity index (χ0v) is 18.3. The lowest BCUT2D eigenvalue weighted by molar-refractivity contribution is 0.0429. The van der Waals surface area contributed by atoms with Crippen molar-refractivity contribution in [2.24, 2.45) is 0 Å². The summed E-state index contributed by atoms with van der Waals surface area (Å²) in [4.78, 5) is 24.9. The molecule has 166 valence electrons. The molecule has 0 radical (unpaired) electrons. The first-order chi connectivity index (χ1) is 14.8. The van der Waals surface area contributed by atoms with Gasteiger partial charge in [-0.3, -0.25) is 0 Å². The molecule has 2 aliphatic heterocycles. The van der Waals surface area contributed by atoms with E-state index in [2.05, 4.69) is 15.3 Å². The summed E-state index contributed by atoms with van der Waals surface area (Å²) in [6, 6.07) is 4.01. The van der Waals surface area contributed by atoms with E-state index in [1.165, 1.54) is 6.07 Å². The van der Waals surface area contributed by atoms with Crippen LogP contribution in [0.2, 0.25) is 10.3 Å². The molecular formula is C20H21Cl2F2N5O2. The number of aromatic nitrogens is 2. The van der Waals surface area contributed by atoms with Gasteiger partial charge >= 0.3 is 6.03 Å². The van der Waals surface area contributed by atoms with E-state index in [4.69, 9.17) is 27.9 Å². The Labute approximate surface area is 188 Å². The minimum Gasteiger partial charge on any atom is -0.378 e. The van der Waals surface area contributed by atoms with E-state index in [1.54, 1.807) is 28.9 Å². The summed E-state index contributed by atoms with van der Waals surface area (Å²) < 4.78 is 31.7. The topological polar surface area (TPSA) is 70.6 Å². The first kappa shape index (κ1) is 22.0. The zero-order valence-electron chi connectivity index (χ0n) is 16.7. The van der Waals surface area contributed by atoms with Crippen LogP contribution in [0.15, 0.2) is 18.2 Å². The highest BCUT2D eigenvalue weighted by Crippen LogP contribution is 2.35. The third-order valence-electron chi connectivity index (χ3n) is 5.42. The van der Waals surface area contributed by atoms with Gasteiger partial charge in [0.1, 0.15) is 5.82 Å². The minimum atomic E-state index is -2.67. The van der Waals surface area contributed by atoms with Crippen molar-refractivity contribution < 1.29 is 18.3 Å². The highest BCUT2D eigenvalue weighted by Gasteiger charge is 2.32. The normalized spacial score (nSPS) is 17.1. The lowest BCUT2D eigenvalue weighted by Crippen LogP contribution is -2.46. The Morgan fingerprint density at radius 1 is 1.13 bits per heavy atom. The van der Waals surface area contributed by atoms with Crippen LogP contribution in [0.5, 0.6) is 0 Å². The fourth-order valence-corrected chi connectivity index (χ4v) is 4.35. The number of nitrogens with one attached hydrogen (secondary N) is 1. The van der Waals surface area contributed by atoms with Gasteiger partial charge in [-0.05, 0) is 24.1 Å². The van der Waals surface area contributed by atoms with Crippen molar-refractivity contribution in [3.05, 3.63) is 50.9 Å². The van der Waals surface area contributed by atoms with Crippen molar-refractivity contribution in [3.63, 3.8) is 0 Å². The molecule has 0 spiro atoms. The SMILES string of the molecule is C[C@@H](Nc1nc(Cl)nc2c1CN(C(=O)N1CCOCC1)C2)c1cccc(C(F)F)c1Cl. The molecule has 11 heteroatoms. The maximum absolute atomic E-state index is 13.2. The third-order valence-corrected chi connectivity index (χ3v) is 6.03. The maximum atomic E-state index is 13.2. The Morgan fingerprint density at radius 2 is 1.84 bits per heavy atom. The van der Waals surface area contributed by atoms with Crippen LogP contribution >= 0.6 is 23.2 Å². The molecule has 4 rings (SSSR count). The number of benzene rings is 1. The summed E-state index contributed by atoms with van der Waals surface area (Å²) in [5, 5.41) is 3.26. The molecule has 7 nitrogen and oxygen atoms in total. The Morgan fingerprint density at radius 3 is 2.55 bits per heavy atom. The summed E-state index contributed by atoms with van der Waals surface area (Å²) >= 11 is 12.3. The minimum absolute atomic E-state index is 0.0124. The van der Waals surface area contributed by atoms with Crippen molar-refractivity contribution in [2.75, 3.05) is 31.6 Å². The van der Waals surface area contributed by atoms with E-state index in [1.807, 2.05) is 0 Å². The van der Waals surface area contributed by atoms with Gasteiger partial charge < -0.3 is 19.9 Å². The maximum Gasteiger partial charge on any atom is 0.320 e. The van der Waals surface area contributed by atoms with Gasteiger partial charge in [-0.25, -0.2) is 23.5 Å². The fourth-order valence-electron chi connectivity index (χ4n) is 3.79. The predicted molar refractivity (Wildman–Crippen MR) is 113 cm³/mol. The van der Waals surface area contributed by atoms with Gasteiger partial charge in [0.25, 0.3) is 6.43 Å². The highest BCUT2D eigenvalue weighted by molar-refractivity contribution is 6.32. The molecule has 0 saturated carbocycles. The fraction of sp³-hybridized carbons (Fsp3) is 0.450. The van der Waals surface area contributed by atoms with E-state index in [-0.39, 0.29) is 21.9 Å². The van der Waals surface area contributed by atoms with Crippen molar-refractivity contribution >= 4 is 35.1 Å². The second-order valence-corrected chi connectivity index (χ2v) is 8.14. The quantitative estimate of drug-likeness (QED) is 0.656. The molecule has 1 fully saturated rings. The first-order valence-electron chi connectivity index (χ1n) is 9.85. The van der Waals surface area contributed by atoms with Gasteiger partial charge in [0.15, 0.2) is 0 Å². The number of morpholine rings is 1. The van der Waals surface area contributed by atoms with Crippen LogP contribution in [-0.4, -0.2) is 52.1 Å². The van der Waals surface area contributed by atoms with Gasteiger partial charge in [-0.1, -0.05) is 29.8 Å². The van der Waals surface area contributed by atoms with Gasteiger partial charge in [0.2, 0.25) is 5.28 Å². The Bertz CT molecular complexity index is 988. The van der Waals surface area contributed by atoms with Crippen LogP contribution in [0.4, 0.5) is 19.4 Å². The number of alkyl halides is 2. The van der Waals surface area contributed by atoms with Crippen molar-refractivity contribution in [1.82, 2.24) is 19.8 Å². The largest absolute Gasteiger partial charge is 0.378 e. The number of nitrogens with zero attached hydrogens (tertiary/aromatic N) is 4. The number of carbonyl (C=O) groups is 1. The van der Waals surface area contributed by atoms with E-state index in [9.17, 15) is 13.6 Å². The standard InChI is InChI=1S/C20H21Cl2F2N5O2/c1-11(12-3-2-4-13(16(12)21)17(23)24)25-18-14-9-29(10-15(14)26-19(22)27-18)20(30)28-5-7-31-8-6-28/h2-4,11,17H,5-10H2,1H3,(H,25,26,27)/t11-/m1/s1. The summed E-state index contributed by atoms with van der Waals surface area (Å²) in [6.45, 7) is 4.55. The molecule has 0 bridgehead atoms. The molecule has 2 aliphatic rings. The van der Waals surface area contributed by atoms with Crippen LogP contribution in [0.25, 0.3) is 0 Å². The van der Waals surface area contributed by atoms with Crippen LogP contribution in [0, 0.1) is 0 Å². The second-order valence-electron chi connectivity index (χ2n) is 7.42. The van der Waals surface area contributed by atoms with Gasteiger partial charge in [-0.2, -0.15) is 0 Å². The number of rotatable bonds is 4. The lowest BCUT2D eigenvalue weighted by atomic mass is 10.0. The average molecular weight is 472 g/mol. The Hall–Kier alpha value is -2.23. The predicted octanol–water partition coefficient (Wildman–Crippen LogP) is 4.66. The molecule has 2 amide bonds. The number of anilines is 1. The first-order valence-corrected chi connectivity index (χ1v) is 10.6. The Balaban J connectivity index is 1.56. The van der Waals surface area contributed by atoms with E-state index < -0.39 is 12.5 Å². The number of carbonyl (C=O) groups excluding carboxylic acids is 1. The number of ether oxygens (including phenoxy) is 1.